The zero-order chi connectivity index (χ0) is 12.3. The van der Waals surface area contributed by atoms with Gasteiger partial charge in [-0.25, -0.2) is 4.98 Å². The third-order valence-electron chi connectivity index (χ3n) is 2.54. The molecule has 1 aliphatic heterocycles. The molecule has 0 spiro atoms. The molecular weight excluding hydrogens is 218 g/mol. The van der Waals surface area contributed by atoms with E-state index < -0.39 is 6.04 Å². The van der Waals surface area contributed by atoms with E-state index in [0.29, 0.717) is 18.7 Å². The second-order valence-corrected chi connectivity index (χ2v) is 3.80. The number of anilines is 1. The average molecular weight is 231 g/mol. The number of nitrogens with zero attached hydrogens (tertiary/aromatic N) is 1. The number of carbonyl (C=O) groups is 2. The molecule has 1 saturated heterocycles. The second-order valence-electron chi connectivity index (χ2n) is 3.80. The molecule has 0 radical (unpaired) electrons. The Kier molecular flexibility index (Phi) is 3.18. The minimum absolute atomic E-state index is 0.221. The first-order valence-corrected chi connectivity index (χ1v) is 5.39. The summed E-state index contributed by atoms with van der Waals surface area (Å²) in [5.41, 5.74) is 0.738. The van der Waals surface area contributed by atoms with Gasteiger partial charge in [0.1, 0.15) is 11.9 Å². The summed E-state index contributed by atoms with van der Waals surface area (Å²) >= 11 is 0. The van der Waals surface area contributed by atoms with Crippen LogP contribution >= 0.6 is 0 Å². The van der Waals surface area contributed by atoms with Gasteiger partial charge in [0.05, 0.1) is 5.69 Å². The molecule has 5 heteroatoms. The van der Waals surface area contributed by atoms with E-state index >= 15 is 0 Å². The summed E-state index contributed by atoms with van der Waals surface area (Å²) < 4.78 is 0. The number of piperidine rings is 1. The monoisotopic (exact) mass is 231 g/mol. The van der Waals surface area contributed by atoms with E-state index in [1.807, 2.05) is 12.1 Å². The largest absolute Gasteiger partial charge is 0.358 e. The van der Waals surface area contributed by atoms with Crippen LogP contribution in [0.1, 0.15) is 18.5 Å². The minimum atomic E-state index is -0.403. The van der Waals surface area contributed by atoms with E-state index in [-0.39, 0.29) is 11.8 Å². The lowest BCUT2D eigenvalue weighted by Gasteiger charge is -2.22. The molecule has 1 unspecified atom stereocenters. The lowest BCUT2D eigenvalue weighted by atomic mass is 10.1. The Bertz CT molecular complexity index is 471. The first kappa shape index (κ1) is 11.3. The molecule has 5 nitrogen and oxygen atoms in total. The van der Waals surface area contributed by atoms with Crippen molar-refractivity contribution in [3.8, 4) is 0 Å². The Morgan fingerprint density at radius 1 is 1.47 bits per heavy atom. The van der Waals surface area contributed by atoms with Gasteiger partial charge in [-0.2, -0.15) is 0 Å². The van der Waals surface area contributed by atoms with Gasteiger partial charge < -0.3 is 5.32 Å². The molecule has 1 aromatic heterocycles. The van der Waals surface area contributed by atoms with Gasteiger partial charge in [-0.1, -0.05) is 12.6 Å². The van der Waals surface area contributed by atoms with Crippen molar-refractivity contribution in [3.05, 3.63) is 30.5 Å². The normalized spacial score (nSPS) is 19.6. The van der Waals surface area contributed by atoms with E-state index in [9.17, 15) is 9.59 Å². The quantitative estimate of drug-likeness (QED) is 0.759. The highest BCUT2D eigenvalue weighted by Gasteiger charge is 2.26. The third kappa shape index (κ3) is 2.69. The number of carbonyl (C=O) groups excluding carboxylic acids is 2. The number of hydrogen-bond donors (Lipinski definition) is 2. The molecule has 0 bridgehead atoms. The zero-order valence-electron chi connectivity index (χ0n) is 9.27. The van der Waals surface area contributed by atoms with Crippen LogP contribution in [-0.2, 0) is 9.59 Å². The van der Waals surface area contributed by atoms with Crippen LogP contribution in [0.15, 0.2) is 24.8 Å². The van der Waals surface area contributed by atoms with Crippen LogP contribution in [-0.4, -0.2) is 22.8 Å². The zero-order valence-corrected chi connectivity index (χ0v) is 9.27. The van der Waals surface area contributed by atoms with Crippen molar-refractivity contribution >= 4 is 23.7 Å². The van der Waals surface area contributed by atoms with Crippen LogP contribution in [0.2, 0.25) is 0 Å². The number of hydrogen-bond acceptors (Lipinski definition) is 4. The van der Waals surface area contributed by atoms with E-state index in [4.69, 9.17) is 0 Å². The Labute approximate surface area is 98.9 Å². The number of imide groups is 1. The second kappa shape index (κ2) is 4.78. The summed E-state index contributed by atoms with van der Waals surface area (Å²) in [5.74, 6) is 0.0878. The Hall–Kier alpha value is -2.17. The molecule has 0 aromatic carbocycles. The van der Waals surface area contributed by atoms with E-state index in [1.165, 1.54) is 0 Å². The lowest BCUT2D eigenvalue weighted by molar-refractivity contribution is -0.133. The van der Waals surface area contributed by atoms with E-state index in [2.05, 4.69) is 22.2 Å². The van der Waals surface area contributed by atoms with Gasteiger partial charge in [-0.3, -0.25) is 14.9 Å². The van der Waals surface area contributed by atoms with Gasteiger partial charge in [0.25, 0.3) is 0 Å². The fourth-order valence-corrected chi connectivity index (χ4v) is 1.66. The van der Waals surface area contributed by atoms with Crippen LogP contribution in [0.25, 0.3) is 6.08 Å². The Morgan fingerprint density at radius 3 is 3.00 bits per heavy atom. The number of nitrogens with one attached hydrogen (secondary N) is 2. The molecule has 2 rings (SSSR count). The summed E-state index contributed by atoms with van der Waals surface area (Å²) in [6.07, 6.45) is 2.48. The number of pyridine rings is 1. The molecule has 1 atom stereocenters. The maximum absolute atomic E-state index is 11.5. The van der Waals surface area contributed by atoms with Crippen molar-refractivity contribution in [2.75, 3.05) is 5.32 Å². The number of amides is 2. The molecule has 88 valence electrons. The SMILES string of the molecule is C=Cc1cccc(NC2CCC(=O)NC2=O)n1. The maximum Gasteiger partial charge on any atom is 0.249 e. The van der Waals surface area contributed by atoms with Crippen molar-refractivity contribution in [2.24, 2.45) is 0 Å². The Morgan fingerprint density at radius 2 is 2.29 bits per heavy atom. The fourth-order valence-electron chi connectivity index (χ4n) is 1.66. The molecule has 2 N–H and O–H groups in total. The minimum Gasteiger partial charge on any atom is -0.358 e. The predicted molar refractivity (Wildman–Crippen MR) is 64.1 cm³/mol. The van der Waals surface area contributed by atoms with E-state index in [1.54, 1.807) is 12.1 Å². The van der Waals surface area contributed by atoms with E-state index in [0.717, 1.165) is 5.69 Å². The van der Waals surface area contributed by atoms with Gasteiger partial charge in [0.2, 0.25) is 11.8 Å². The fraction of sp³-hybridized carbons (Fsp3) is 0.250. The van der Waals surface area contributed by atoms with Gasteiger partial charge in [0, 0.05) is 6.42 Å². The van der Waals surface area contributed by atoms with Crippen LogP contribution in [0.4, 0.5) is 5.82 Å². The van der Waals surface area contributed by atoms with Crippen molar-refractivity contribution in [1.82, 2.24) is 10.3 Å². The highest BCUT2D eigenvalue weighted by Crippen LogP contribution is 2.12. The molecule has 2 heterocycles. The van der Waals surface area contributed by atoms with Crippen molar-refractivity contribution in [1.29, 1.82) is 0 Å². The van der Waals surface area contributed by atoms with Gasteiger partial charge in [-0.15, -0.1) is 0 Å². The molecule has 0 aliphatic carbocycles. The van der Waals surface area contributed by atoms with Gasteiger partial charge in [-0.05, 0) is 24.6 Å². The highest BCUT2D eigenvalue weighted by atomic mass is 16.2. The van der Waals surface area contributed by atoms with Crippen LogP contribution in [0, 0.1) is 0 Å². The summed E-state index contributed by atoms with van der Waals surface area (Å²) in [5, 5.41) is 5.29. The van der Waals surface area contributed by atoms with Crippen LogP contribution in [0.5, 0.6) is 0 Å². The van der Waals surface area contributed by atoms with Gasteiger partial charge in [0.15, 0.2) is 0 Å². The topological polar surface area (TPSA) is 71.1 Å². The van der Waals surface area contributed by atoms with Crippen molar-refractivity contribution in [3.63, 3.8) is 0 Å². The molecule has 2 amide bonds. The number of rotatable bonds is 3. The van der Waals surface area contributed by atoms with Crippen LogP contribution < -0.4 is 10.6 Å². The molecule has 0 saturated carbocycles. The summed E-state index contributed by atoms with van der Waals surface area (Å²) in [6, 6.07) is 5.03. The van der Waals surface area contributed by atoms with Crippen molar-refractivity contribution in [2.45, 2.75) is 18.9 Å². The molecule has 1 aliphatic rings. The highest BCUT2D eigenvalue weighted by molar-refractivity contribution is 6.01. The van der Waals surface area contributed by atoms with Crippen molar-refractivity contribution < 1.29 is 9.59 Å². The predicted octanol–water partition coefficient (Wildman–Crippen LogP) is 0.942. The number of aromatic nitrogens is 1. The molecular formula is C12H13N3O2. The molecule has 1 fully saturated rings. The third-order valence-corrected chi connectivity index (χ3v) is 2.54. The standard InChI is InChI=1S/C12H13N3O2/c1-2-8-4-3-5-10(13-8)14-9-6-7-11(16)15-12(9)17/h2-5,9H,1,6-7H2,(H,13,14)(H,15,16,17). The Balaban J connectivity index is 2.07. The smallest absolute Gasteiger partial charge is 0.249 e. The summed E-state index contributed by atoms with van der Waals surface area (Å²) in [4.78, 5) is 26.7. The average Bonchev–Trinajstić information content (AvgIpc) is 2.33. The van der Waals surface area contributed by atoms with Crippen LogP contribution in [0.3, 0.4) is 0 Å². The lowest BCUT2D eigenvalue weighted by Crippen LogP contribution is -2.47. The summed E-state index contributed by atoms with van der Waals surface area (Å²) in [6.45, 7) is 3.63. The maximum atomic E-state index is 11.5. The first-order valence-electron chi connectivity index (χ1n) is 5.39. The molecule has 1 aromatic rings. The van der Waals surface area contributed by atoms with Gasteiger partial charge >= 0.3 is 0 Å². The summed E-state index contributed by atoms with van der Waals surface area (Å²) in [7, 11) is 0. The molecule has 17 heavy (non-hydrogen) atoms. The first-order chi connectivity index (χ1) is 8.19.